The highest BCUT2D eigenvalue weighted by atomic mass is 16.7. The second kappa shape index (κ2) is 44.3. The number of aliphatic hydroxyl groups is 8. The van der Waals surface area contributed by atoms with Crippen molar-refractivity contribution in [1.82, 2.24) is 5.32 Å². The fourth-order valence-electron chi connectivity index (χ4n) is 9.56. The molecule has 2 heterocycles. The van der Waals surface area contributed by atoms with Crippen molar-refractivity contribution in [3.63, 3.8) is 0 Å². The number of aliphatic hydroxyl groups excluding tert-OH is 8. The van der Waals surface area contributed by atoms with E-state index in [0.717, 1.165) is 44.9 Å². The van der Waals surface area contributed by atoms with Crippen LogP contribution in [-0.4, -0.2) is 140 Å². The van der Waals surface area contributed by atoms with Crippen LogP contribution in [0.1, 0.15) is 232 Å². The monoisotopic (exact) mass is 1030 g/mol. The summed E-state index contributed by atoms with van der Waals surface area (Å²) >= 11 is 0. The Morgan fingerprint density at radius 2 is 0.889 bits per heavy atom. The zero-order chi connectivity index (χ0) is 52.4. The van der Waals surface area contributed by atoms with E-state index in [-0.39, 0.29) is 18.9 Å². The Morgan fingerprint density at radius 1 is 0.486 bits per heavy atom. The lowest BCUT2D eigenvalue weighted by Gasteiger charge is -2.46. The SMILES string of the molecule is CCCCCCC/C=C/CC/C=C/CC/C=C/C(O)C(COC1OC(CO)C(OC2OC(CO)C(O)C(O)C2O)C(O)C1O)NC(=O)CCCCCCCCCCCCCCCCCCCCCCCCC. The molecule has 2 rings (SSSR count). The van der Waals surface area contributed by atoms with Crippen molar-refractivity contribution in [2.45, 2.75) is 306 Å². The van der Waals surface area contributed by atoms with E-state index >= 15 is 0 Å². The Bertz CT molecular complexity index is 1350. The Labute approximate surface area is 436 Å². The zero-order valence-electron chi connectivity index (χ0n) is 45.2. The number of hydrogen-bond donors (Lipinski definition) is 9. The lowest BCUT2D eigenvalue weighted by molar-refractivity contribution is -0.359. The summed E-state index contributed by atoms with van der Waals surface area (Å²) in [4.78, 5) is 13.2. The first-order chi connectivity index (χ1) is 35.1. The molecular formula is C58H107NO13. The maximum atomic E-state index is 13.2. The molecule has 2 aliphatic heterocycles. The predicted octanol–water partition coefficient (Wildman–Crippen LogP) is 9.44. The van der Waals surface area contributed by atoms with Gasteiger partial charge in [-0.1, -0.05) is 217 Å². The van der Waals surface area contributed by atoms with Gasteiger partial charge in [0.2, 0.25) is 5.91 Å². The topological polar surface area (TPSA) is 228 Å². The van der Waals surface area contributed by atoms with Gasteiger partial charge >= 0.3 is 0 Å². The van der Waals surface area contributed by atoms with Crippen molar-refractivity contribution in [1.29, 1.82) is 0 Å². The molecule has 12 unspecified atom stereocenters. The molecule has 12 atom stereocenters. The first-order valence-electron chi connectivity index (χ1n) is 29.2. The fourth-order valence-corrected chi connectivity index (χ4v) is 9.56. The lowest BCUT2D eigenvalue weighted by atomic mass is 9.97. The average Bonchev–Trinajstić information content (AvgIpc) is 3.38. The summed E-state index contributed by atoms with van der Waals surface area (Å²) in [5, 5.41) is 86.9. The summed E-state index contributed by atoms with van der Waals surface area (Å²) in [6.07, 6.45) is 36.2. The van der Waals surface area contributed by atoms with E-state index in [9.17, 15) is 45.6 Å². The third-order valence-electron chi connectivity index (χ3n) is 14.3. The van der Waals surface area contributed by atoms with Gasteiger partial charge in [0.25, 0.3) is 0 Å². The minimum absolute atomic E-state index is 0.251. The largest absolute Gasteiger partial charge is 0.394 e. The maximum Gasteiger partial charge on any atom is 0.220 e. The van der Waals surface area contributed by atoms with Gasteiger partial charge < -0.3 is 65.1 Å². The molecule has 0 aromatic rings. The second-order valence-electron chi connectivity index (χ2n) is 20.8. The van der Waals surface area contributed by atoms with E-state index in [0.29, 0.717) is 12.8 Å². The maximum absolute atomic E-state index is 13.2. The van der Waals surface area contributed by atoms with E-state index in [1.807, 2.05) is 6.08 Å². The number of rotatable bonds is 46. The predicted molar refractivity (Wildman–Crippen MR) is 286 cm³/mol. The molecule has 9 N–H and O–H groups in total. The zero-order valence-corrected chi connectivity index (χ0v) is 45.2. The molecule has 1 amide bonds. The number of ether oxygens (including phenoxy) is 4. The molecule has 0 aromatic carbocycles. The van der Waals surface area contributed by atoms with Gasteiger partial charge in [-0.2, -0.15) is 0 Å². The van der Waals surface area contributed by atoms with Crippen LogP contribution in [0.25, 0.3) is 0 Å². The van der Waals surface area contributed by atoms with Crippen molar-refractivity contribution in [3.05, 3.63) is 36.5 Å². The van der Waals surface area contributed by atoms with Gasteiger partial charge in [0.1, 0.15) is 48.8 Å². The van der Waals surface area contributed by atoms with Gasteiger partial charge in [0.05, 0.1) is 32.0 Å². The highest BCUT2D eigenvalue weighted by Crippen LogP contribution is 2.30. The first kappa shape index (κ1) is 66.3. The number of allylic oxidation sites excluding steroid dienone is 5. The Hall–Kier alpha value is -1.79. The van der Waals surface area contributed by atoms with Crippen molar-refractivity contribution in [3.8, 4) is 0 Å². The molecule has 0 saturated carbocycles. The summed E-state index contributed by atoms with van der Waals surface area (Å²) in [6, 6.07) is -0.934. The number of carbonyl (C=O) groups excluding carboxylic acids is 1. The van der Waals surface area contributed by atoms with Gasteiger partial charge in [-0.05, 0) is 44.9 Å². The van der Waals surface area contributed by atoms with Crippen molar-refractivity contribution in [2.24, 2.45) is 0 Å². The van der Waals surface area contributed by atoms with Crippen LogP contribution in [-0.2, 0) is 23.7 Å². The van der Waals surface area contributed by atoms with Crippen molar-refractivity contribution < 1.29 is 64.6 Å². The van der Waals surface area contributed by atoms with Crippen LogP contribution in [0.3, 0.4) is 0 Å². The summed E-state index contributed by atoms with van der Waals surface area (Å²) in [7, 11) is 0. The lowest BCUT2D eigenvalue weighted by Crippen LogP contribution is -2.65. The van der Waals surface area contributed by atoms with Gasteiger partial charge in [-0.15, -0.1) is 0 Å². The highest BCUT2D eigenvalue weighted by Gasteiger charge is 2.51. The molecule has 0 radical (unpaired) electrons. The summed E-state index contributed by atoms with van der Waals surface area (Å²) in [6.45, 7) is 2.77. The Morgan fingerprint density at radius 3 is 1.36 bits per heavy atom. The van der Waals surface area contributed by atoms with Crippen LogP contribution in [0.2, 0.25) is 0 Å². The first-order valence-corrected chi connectivity index (χ1v) is 29.2. The van der Waals surface area contributed by atoms with Crippen LogP contribution in [0.5, 0.6) is 0 Å². The van der Waals surface area contributed by atoms with Gasteiger partial charge in [0.15, 0.2) is 12.6 Å². The molecule has 422 valence electrons. The van der Waals surface area contributed by atoms with Gasteiger partial charge in [0, 0.05) is 6.42 Å². The molecule has 72 heavy (non-hydrogen) atoms. The third kappa shape index (κ3) is 30.1. The van der Waals surface area contributed by atoms with E-state index in [2.05, 4.69) is 43.5 Å². The Balaban J connectivity index is 1.77. The smallest absolute Gasteiger partial charge is 0.220 e. The van der Waals surface area contributed by atoms with Gasteiger partial charge in [-0.25, -0.2) is 0 Å². The molecule has 0 spiro atoms. The molecule has 0 aliphatic carbocycles. The molecule has 2 fully saturated rings. The number of nitrogens with one attached hydrogen (secondary N) is 1. The normalized spacial score (nSPS) is 25.8. The summed E-state index contributed by atoms with van der Waals surface area (Å²) in [5.41, 5.74) is 0. The quantitative estimate of drug-likeness (QED) is 0.0205. The molecule has 0 aromatic heterocycles. The van der Waals surface area contributed by atoms with Crippen LogP contribution >= 0.6 is 0 Å². The van der Waals surface area contributed by atoms with E-state index in [1.54, 1.807) is 6.08 Å². The van der Waals surface area contributed by atoms with Crippen molar-refractivity contribution >= 4 is 5.91 Å². The number of carbonyl (C=O) groups is 1. The van der Waals surface area contributed by atoms with E-state index in [4.69, 9.17) is 18.9 Å². The summed E-state index contributed by atoms with van der Waals surface area (Å²) in [5.74, 6) is -0.251. The minimum Gasteiger partial charge on any atom is -0.394 e. The van der Waals surface area contributed by atoms with E-state index in [1.165, 1.54) is 154 Å². The van der Waals surface area contributed by atoms with Crippen LogP contribution in [0.15, 0.2) is 36.5 Å². The minimum atomic E-state index is -1.79. The van der Waals surface area contributed by atoms with Crippen LogP contribution in [0, 0.1) is 0 Å². The van der Waals surface area contributed by atoms with Crippen LogP contribution < -0.4 is 5.32 Å². The average molecular weight is 1030 g/mol. The molecule has 14 heteroatoms. The van der Waals surface area contributed by atoms with Gasteiger partial charge in [-0.3, -0.25) is 4.79 Å². The van der Waals surface area contributed by atoms with Crippen LogP contribution in [0.4, 0.5) is 0 Å². The highest BCUT2D eigenvalue weighted by molar-refractivity contribution is 5.76. The third-order valence-corrected chi connectivity index (χ3v) is 14.3. The number of amides is 1. The molecular weight excluding hydrogens is 919 g/mol. The summed E-state index contributed by atoms with van der Waals surface area (Å²) < 4.78 is 22.7. The molecule has 2 saturated heterocycles. The number of unbranched alkanes of at least 4 members (excludes halogenated alkanes) is 29. The second-order valence-corrected chi connectivity index (χ2v) is 20.8. The fraction of sp³-hybridized carbons (Fsp3) is 0.879. The van der Waals surface area contributed by atoms with Crippen molar-refractivity contribution in [2.75, 3.05) is 19.8 Å². The Kier molecular flexibility index (Phi) is 40.9. The number of hydrogen-bond acceptors (Lipinski definition) is 13. The standard InChI is InChI=1S/C58H107NO13/c1-3-5-7-9-11-13-15-17-19-20-21-22-23-24-25-26-28-30-32-34-36-38-40-42-50(63)59-46(47(62)41-39-37-35-33-31-29-27-18-16-14-12-10-8-6-4-2)45-69-57-55(68)53(66)56(49(44-61)71-57)72-58-54(67)52(65)51(64)48(43-60)70-58/h16,18,31,33,39,41,46-49,51-58,60-62,64-68H,3-15,17,19-30,32,34-38,40,42-45H2,1-2H3,(H,59,63)/b18-16+,33-31+,41-39+. The van der Waals surface area contributed by atoms with E-state index < -0.39 is 86.8 Å². The molecule has 14 nitrogen and oxygen atoms in total. The molecule has 0 bridgehead atoms. The molecule has 2 aliphatic rings.